The summed E-state index contributed by atoms with van der Waals surface area (Å²) in [5.41, 5.74) is -0.295. The summed E-state index contributed by atoms with van der Waals surface area (Å²) in [5.74, 6) is 0.728. The highest BCUT2D eigenvalue weighted by atomic mass is 16.5. The topological polar surface area (TPSA) is 87.7 Å². The lowest BCUT2D eigenvalue weighted by Crippen LogP contribution is -2.79. The molecule has 6 aliphatic heterocycles. The molecule has 5 atom stereocenters. The van der Waals surface area contributed by atoms with E-state index in [1.165, 1.54) is 0 Å². The molecule has 0 aromatic heterocycles. The van der Waals surface area contributed by atoms with Crippen LogP contribution in [-0.4, -0.2) is 45.8 Å². The monoisotopic (exact) mass is 461 g/mol. The van der Waals surface area contributed by atoms with Crippen molar-refractivity contribution in [2.24, 2.45) is 17.3 Å². The summed E-state index contributed by atoms with van der Waals surface area (Å²) >= 11 is 0. The molecule has 34 heavy (non-hydrogen) atoms. The Hall–Kier alpha value is -2.83. The first-order valence-corrected chi connectivity index (χ1v) is 12.4. The number of nitrogens with zero attached hydrogens (tertiary/aromatic N) is 1. The van der Waals surface area contributed by atoms with Gasteiger partial charge in [-0.3, -0.25) is 14.4 Å². The molecule has 1 saturated carbocycles. The van der Waals surface area contributed by atoms with E-state index in [0.717, 1.165) is 22.6 Å². The number of carbonyl (C=O) groups is 3. The average molecular weight is 462 g/mol. The van der Waals surface area contributed by atoms with Crippen molar-refractivity contribution in [3.63, 3.8) is 0 Å². The van der Waals surface area contributed by atoms with Gasteiger partial charge in [0.15, 0.2) is 0 Å². The number of rotatable bonds is 0. The number of hydrogen-bond acceptors (Lipinski definition) is 4. The molecule has 7 aliphatic rings. The number of benzene rings is 1. The molecule has 0 radical (unpaired) electrons. The molecule has 3 spiro atoms. The molecule has 2 N–H and O–H groups in total. The van der Waals surface area contributed by atoms with Gasteiger partial charge in [-0.15, -0.1) is 0 Å². The third-order valence-electron chi connectivity index (χ3n) is 10.1. The predicted octanol–water partition coefficient (Wildman–Crippen LogP) is 2.99. The van der Waals surface area contributed by atoms with Crippen LogP contribution in [0.4, 0.5) is 5.69 Å². The summed E-state index contributed by atoms with van der Waals surface area (Å²) in [6.45, 7) is 10.8. The number of carbonyl (C=O) groups excluding carboxylic acids is 3. The highest BCUT2D eigenvalue weighted by Crippen LogP contribution is 2.70. The highest BCUT2D eigenvalue weighted by molar-refractivity contribution is 6.10. The maximum absolute atomic E-state index is 14.0. The molecule has 1 aromatic carbocycles. The first-order chi connectivity index (χ1) is 15.9. The fraction of sp³-hybridized carbons (Fsp3) is 0.593. The van der Waals surface area contributed by atoms with Gasteiger partial charge in [-0.1, -0.05) is 26.8 Å². The van der Waals surface area contributed by atoms with Crippen LogP contribution in [0.5, 0.6) is 5.75 Å². The molecule has 3 amide bonds. The van der Waals surface area contributed by atoms with E-state index in [-0.39, 0.29) is 29.6 Å². The Morgan fingerprint density at radius 1 is 1.06 bits per heavy atom. The molecule has 4 saturated heterocycles. The van der Waals surface area contributed by atoms with E-state index < -0.39 is 27.5 Å². The maximum Gasteiger partial charge on any atom is 0.246 e. The summed E-state index contributed by atoms with van der Waals surface area (Å²) in [6, 6.07) is 4.02. The van der Waals surface area contributed by atoms with Crippen molar-refractivity contribution in [2.75, 3.05) is 11.9 Å². The molecule has 8 rings (SSSR count). The molecule has 6 heterocycles. The van der Waals surface area contributed by atoms with Crippen LogP contribution in [0.25, 0.3) is 6.08 Å². The summed E-state index contributed by atoms with van der Waals surface area (Å²) in [7, 11) is 0. The normalized spacial score (nSPS) is 41.6. The van der Waals surface area contributed by atoms with Gasteiger partial charge in [0, 0.05) is 18.0 Å². The zero-order valence-electron chi connectivity index (χ0n) is 20.4. The Morgan fingerprint density at radius 3 is 2.59 bits per heavy atom. The van der Waals surface area contributed by atoms with Crippen LogP contribution < -0.4 is 15.4 Å². The van der Waals surface area contributed by atoms with Gasteiger partial charge >= 0.3 is 0 Å². The molecule has 5 fully saturated rings. The highest BCUT2D eigenvalue weighted by Gasteiger charge is 2.79. The van der Waals surface area contributed by atoms with Crippen LogP contribution >= 0.6 is 0 Å². The van der Waals surface area contributed by atoms with Crippen molar-refractivity contribution in [2.45, 2.75) is 76.0 Å². The SMILES string of the molecule is CC1CC23CC4C(CN2C1=O)(CC1(C(=O)Nc2c1ccc1c2C=CC(C)(C)O1)C4(C)C)NC3=O. The van der Waals surface area contributed by atoms with Crippen LogP contribution in [0.1, 0.15) is 65.0 Å². The van der Waals surface area contributed by atoms with Gasteiger partial charge in [0.05, 0.1) is 16.6 Å². The first kappa shape index (κ1) is 20.5. The molecule has 1 aromatic rings. The second-order valence-corrected chi connectivity index (χ2v) is 12.6. The van der Waals surface area contributed by atoms with E-state index in [9.17, 15) is 14.4 Å². The standard InChI is InChI=1S/C27H31N3O4/c1-14-10-26-11-18-24(4,5)27(12-25(18,29-21(26)32)13-30(26)20(14)31)16-6-7-17-15(19(16)28-22(27)33)8-9-23(2,3)34-17/h6-9,14,18H,10-13H2,1-5H3,(H,28,33)(H,29,32). The maximum atomic E-state index is 14.0. The number of ether oxygens (including phenoxy) is 1. The van der Waals surface area contributed by atoms with Crippen LogP contribution in [0, 0.1) is 17.3 Å². The Labute approximate surface area is 199 Å². The van der Waals surface area contributed by atoms with Gasteiger partial charge in [-0.2, -0.15) is 0 Å². The lowest BCUT2D eigenvalue weighted by atomic mass is 9.57. The van der Waals surface area contributed by atoms with Crippen molar-refractivity contribution in [3.05, 3.63) is 29.3 Å². The van der Waals surface area contributed by atoms with Gasteiger partial charge in [0.25, 0.3) is 0 Å². The van der Waals surface area contributed by atoms with E-state index in [4.69, 9.17) is 4.74 Å². The van der Waals surface area contributed by atoms with E-state index in [1.807, 2.05) is 50.0 Å². The molecular formula is C27H31N3O4. The molecular weight excluding hydrogens is 430 g/mol. The quantitative estimate of drug-likeness (QED) is 0.622. The molecule has 5 unspecified atom stereocenters. The summed E-state index contributed by atoms with van der Waals surface area (Å²) in [5, 5.41) is 6.59. The number of nitrogens with one attached hydrogen (secondary N) is 2. The third-order valence-corrected chi connectivity index (χ3v) is 10.1. The number of fused-ring (bicyclic) bond motifs is 5. The third kappa shape index (κ3) is 1.98. The van der Waals surface area contributed by atoms with E-state index in [1.54, 1.807) is 0 Å². The first-order valence-electron chi connectivity index (χ1n) is 12.4. The minimum Gasteiger partial charge on any atom is -0.483 e. The lowest BCUT2D eigenvalue weighted by molar-refractivity contribution is -0.164. The fourth-order valence-corrected chi connectivity index (χ4v) is 8.58. The molecule has 2 bridgehead atoms. The Kier molecular flexibility index (Phi) is 3.34. The van der Waals surface area contributed by atoms with E-state index in [0.29, 0.717) is 25.8 Å². The van der Waals surface area contributed by atoms with Crippen LogP contribution in [0.3, 0.4) is 0 Å². The van der Waals surface area contributed by atoms with Gasteiger partial charge < -0.3 is 20.3 Å². The van der Waals surface area contributed by atoms with Gasteiger partial charge in [0.2, 0.25) is 17.7 Å². The van der Waals surface area contributed by atoms with E-state index in [2.05, 4.69) is 24.5 Å². The fourth-order valence-electron chi connectivity index (χ4n) is 8.58. The number of hydrogen-bond donors (Lipinski definition) is 2. The van der Waals surface area contributed by atoms with Crippen molar-refractivity contribution in [1.82, 2.24) is 10.2 Å². The Balaban J connectivity index is 1.40. The smallest absolute Gasteiger partial charge is 0.246 e. The zero-order chi connectivity index (χ0) is 24.1. The van der Waals surface area contributed by atoms with Crippen LogP contribution in [0.2, 0.25) is 0 Å². The number of piperidine rings is 2. The second kappa shape index (κ2) is 5.52. The second-order valence-electron chi connectivity index (χ2n) is 12.6. The summed E-state index contributed by atoms with van der Waals surface area (Å²) in [4.78, 5) is 42.3. The van der Waals surface area contributed by atoms with Crippen molar-refractivity contribution >= 4 is 29.5 Å². The predicted molar refractivity (Wildman–Crippen MR) is 126 cm³/mol. The van der Waals surface area contributed by atoms with Gasteiger partial charge in [-0.25, -0.2) is 0 Å². The number of piperazine rings is 1. The Bertz CT molecular complexity index is 1260. The summed E-state index contributed by atoms with van der Waals surface area (Å²) in [6.07, 6.45) is 5.74. The summed E-state index contributed by atoms with van der Waals surface area (Å²) < 4.78 is 6.17. The van der Waals surface area contributed by atoms with Gasteiger partial charge in [-0.05, 0) is 68.2 Å². The largest absolute Gasteiger partial charge is 0.483 e. The van der Waals surface area contributed by atoms with Crippen molar-refractivity contribution < 1.29 is 19.1 Å². The minimum absolute atomic E-state index is 0.0158. The number of amides is 3. The van der Waals surface area contributed by atoms with Crippen LogP contribution in [0.15, 0.2) is 18.2 Å². The zero-order valence-corrected chi connectivity index (χ0v) is 20.4. The lowest BCUT2D eigenvalue weighted by Gasteiger charge is -2.60. The van der Waals surface area contributed by atoms with Gasteiger partial charge in [0.1, 0.15) is 16.9 Å². The Morgan fingerprint density at radius 2 is 1.82 bits per heavy atom. The van der Waals surface area contributed by atoms with Crippen molar-refractivity contribution in [3.8, 4) is 5.75 Å². The molecule has 1 aliphatic carbocycles. The molecule has 7 heteroatoms. The van der Waals surface area contributed by atoms with Crippen molar-refractivity contribution in [1.29, 1.82) is 0 Å². The molecule has 7 nitrogen and oxygen atoms in total. The number of anilines is 1. The average Bonchev–Trinajstić information content (AvgIpc) is 3.26. The minimum atomic E-state index is -0.796. The van der Waals surface area contributed by atoms with Crippen LogP contribution in [-0.2, 0) is 19.8 Å². The van der Waals surface area contributed by atoms with E-state index >= 15 is 0 Å². The molecule has 178 valence electrons.